The molecule has 0 N–H and O–H groups in total. The standard InChI is InChI=1S/C64H118O6/c1-4-7-10-13-16-19-22-25-27-29-31-32-33-35-36-39-42-45-48-51-54-57-63(66)69-60-61(59-68-62(65)56-53-50-47-44-41-38-24-21-18-15-12-9-6-3)70-64(67)58-55-52-49-46-43-40-37-34-30-28-26-23-20-17-14-11-8-5-2/h21-22,24-25,29,31,61H,4-20,23,26-28,30,32-60H2,1-3H3/b24-21-,25-22-,31-29-. The summed E-state index contributed by atoms with van der Waals surface area (Å²) in [6.45, 7) is 6.66. The van der Waals surface area contributed by atoms with Gasteiger partial charge in [0.05, 0.1) is 0 Å². The summed E-state index contributed by atoms with van der Waals surface area (Å²) in [5.74, 6) is -0.864. The first-order valence-electron chi connectivity index (χ1n) is 31.0. The maximum absolute atomic E-state index is 12.9. The molecule has 0 aromatic heterocycles. The van der Waals surface area contributed by atoms with E-state index in [0.29, 0.717) is 19.3 Å². The van der Waals surface area contributed by atoms with Crippen molar-refractivity contribution in [1.82, 2.24) is 0 Å². The Balaban J connectivity index is 4.31. The smallest absolute Gasteiger partial charge is 0.306 e. The predicted molar refractivity (Wildman–Crippen MR) is 302 cm³/mol. The number of unbranched alkanes of at least 4 members (excludes halogenated alkanes) is 40. The summed E-state index contributed by atoms with van der Waals surface area (Å²) >= 11 is 0. The Morgan fingerprint density at radius 3 is 0.814 bits per heavy atom. The molecule has 410 valence electrons. The molecular weight excluding hydrogens is 865 g/mol. The number of carbonyl (C=O) groups is 3. The predicted octanol–water partition coefficient (Wildman–Crippen LogP) is 20.8. The number of carbonyl (C=O) groups excluding carboxylic acids is 3. The second kappa shape index (κ2) is 59.2. The summed E-state index contributed by atoms with van der Waals surface area (Å²) in [7, 11) is 0. The first-order valence-corrected chi connectivity index (χ1v) is 31.0. The second-order valence-corrected chi connectivity index (χ2v) is 21.0. The molecule has 0 aliphatic carbocycles. The number of rotatable bonds is 57. The molecule has 0 amide bonds. The average Bonchev–Trinajstić information content (AvgIpc) is 3.36. The van der Waals surface area contributed by atoms with Crippen LogP contribution in [0, 0.1) is 0 Å². The highest BCUT2D eigenvalue weighted by molar-refractivity contribution is 5.71. The average molecular weight is 984 g/mol. The maximum Gasteiger partial charge on any atom is 0.306 e. The molecule has 0 saturated carbocycles. The van der Waals surface area contributed by atoms with Gasteiger partial charge >= 0.3 is 17.9 Å². The van der Waals surface area contributed by atoms with Crippen molar-refractivity contribution in [1.29, 1.82) is 0 Å². The normalized spacial score (nSPS) is 12.2. The van der Waals surface area contributed by atoms with Crippen molar-refractivity contribution < 1.29 is 28.6 Å². The fourth-order valence-electron chi connectivity index (χ4n) is 9.18. The van der Waals surface area contributed by atoms with Crippen molar-refractivity contribution >= 4 is 17.9 Å². The molecule has 1 atom stereocenters. The summed E-state index contributed by atoms with van der Waals surface area (Å²) in [6.07, 6.45) is 71.4. The Morgan fingerprint density at radius 2 is 0.514 bits per heavy atom. The molecule has 0 radical (unpaired) electrons. The highest BCUT2D eigenvalue weighted by Gasteiger charge is 2.19. The Labute approximate surface area is 435 Å². The van der Waals surface area contributed by atoms with Gasteiger partial charge in [0.1, 0.15) is 13.2 Å². The quantitative estimate of drug-likeness (QED) is 0.0261. The van der Waals surface area contributed by atoms with E-state index >= 15 is 0 Å². The molecule has 0 bridgehead atoms. The molecule has 1 unspecified atom stereocenters. The van der Waals surface area contributed by atoms with E-state index in [1.165, 1.54) is 225 Å². The third kappa shape index (κ3) is 56.5. The fourth-order valence-corrected chi connectivity index (χ4v) is 9.18. The molecule has 0 heterocycles. The van der Waals surface area contributed by atoms with Crippen molar-refractivity contribution in [2.45, 2.75) is 341 Å². The fraction of sp³-hybridized carbons (Fsp3) is 0.859. The van der Waals surface area contributed by atoms with E-state index in [0.717, 1.165) is 70.6 Å². The van der Waals surface area contributed by atoms with Crippen LogP contribution in [0.25, 0.3) is 0 Å². The van der Waals surface area contributed by atoms with Crippen LogP contribution in [0.2, 0.25) is 0 Å². The van der Waals surface area contributed by atoms with E-state index in [-0.39, 0.29) is 31.1 Å². The van der Waals surface area contributed by atoms with E-state index < -0.39 is 6.10 Å². The first-order chi connectivity index (χ1) is 34.5. The van der Waals surface area contributed by atoms with Gasteiger partial charge in [0.2, 0.25) is 0 Å². The monoisotopic (exact) mass is 983 g/mol. The van der Waals surface area contributed by atoms with Gasteiger partial charge in [0.25, 0.3) is 0 Å². The molecular formula is C64H118O6. The van der Waals surface area contributed by atoms with Crippen LogP contribution in [0.1, 0.15) is 335 Å². The summed E-state index contributed by atoms with van der Waals surface area (Å²) < 4.78 is 16.9. The molecule has 0 saturated heterocycles. The van der Waals surface area contributed by atoms with Gasteiger partial charge in [0, 0.05) is 19.3 Å². The lowest BCUT2D eigenvalue weighted by molar-refractivity contribution is -0.167. The van der Waals surface area contributed by atoms with Gasteiger partial charge in [0.15, 0.2) is 6.10 Å². The molecule has 6 heteroatoms. The van der Waals surface area contributed by atoms with Crippen molar-refractivity contribution in [3.63, 3.8) is 0 Å². The molecule has 0 aliphatic heterocycles. The van der Waals surface area contributed by atoms with Crippen LogP contribution in [0.5, 0.6) is 0 Å². The number of hydrogen-bond donors (Lipinski definition) is 0. The van der Waals surface area contributed by atoms with Crippen molar-refractivity contribution in [2.24, 2.45) is 0 Å². The molecule has 70 heavy (non-hydrogen) atoms. The Bertz CT molecular complexity index is 1170. The SMILES string of the molecule is CCCCCC/C=C\CCCCCCCC(=O)OCC(COC(=O)CCCCCCCCCCC/C=C\C/C=C\CCCCCCC)OC(=O)CCCCCCCCCCCCCCCCCCCC. The van der Waals surface area contributed by atoms with E-state index in [1.54, 1.807) is 0 Å². The minimum absolute atomic E-state index is 0.0732. The van der Waals surface area contributed by atoms with Crippen molar-refractivity contribution in [3.05, 3.63) is 36.5 Å². The lowest BCUT2D eigenvalue weighted by Crippen LogP contribution is -2.30. The molecule has 0 aliphatic rings. The highest BCUT2D eigenvalue weighted by Crippen LogP contribution is 2.17. The van der Waals surface area contributed by atoms with Crippen molar-refractivity contribution in [3.8, 4) is 0 Å². The zero-order valence-electron chi connectivity index (χ0n) is 47.1. The summed E-state index contributed by atoms with van der Waals surface area (Å²) in [6, 6.07) is 0. The third-order valence-corrected chi connectivity index (χ3v) is 13.9. The van der Waals surface area contributed by atoms with Crippen LogP contribution < -0.4 is 0 Å². The van der Waals surface area contributed by atoms with Gasteiger partial charge in [-0.3, -0.25) is 14.4 Å². The second-order valence-electron chi connectivity index (χ2n) is 21.0. The Kier molecular flexibility index (Phi) is 57.2. The van der Waals surface area contributed by atoms with Gasteiger partial charge in [-0.15, -0.1) is 0 Å². The van der Waals surface area contributed by atoms with E-state index in [4.69, 9.17) is 14.2 Å². The summed E-state index contributed by atoms with van der Waals surface area (Å²) in [4.78, 5) is 38.2. The van der Waals surface area contributed by atoms with Crippen LogP contribution in [0.15, 0.2) is 36.5 Å². The van der Waals surface area contributed by atoms with Crippen LogP contribution in [0.4, 0.5) is 0 Å². The van der Waals surface area contributed by atoms with E-state index in [2.05, 4.69) is 57.2 Å². The number of ether oxygens (including phenoxy) is 3. The summed E-state index contributed by atoms with van der Waals surface area (Å²) in [5, 5.41) is 0. The van der Waals surface area contributed by atoms with Crippen LogP contribution in [-0.4, -0.2) is 37.2 Å². The molecule has 0 rings (SSSR count). The largest absolute Gasteiger partial charge is 0.462 e. The molecule has 0 fully saturated rings. The van der Waals surface area contributed by atoms with Crippen molar-refractivity contribution in [2.75, 3.05) is 13.2 Å². The minimum Gasteiger partial charge on any atom is -0.462 e. The van der Waals surface area contributed by atoms with Crippen LogP contribution in [-0.2, 0) is 28.6 Å². The van der Waals surface area contributed by atoms with Crippen LogP contribution >= 0.6 is 0 Å². The topological polar surface area (TPSA) is 78.9 Å². The lowest BCUT2D eigenvalue weighted by Gasteiger charge is -2.18. The molecule has 6 nitrogen and oxygen atoms in total. The third-order valence-electron chi connectivity index (χ3n) is 13.9. The number of esters is 3. The van der Waals surface area contributed by atoms with Gasteiger partial charge < -0.3 is 14.2 Å². The van der Waals surface area contributed by atoms with Crippen LogP contribution in [0.3, 0.4) is 0 Å². The Morgan fingerprint density at radius 1 is 0.286 bits per heavy atom. The molecule has 0 aromatic rings. The van der Waals surface area contributed by atoms with E-state index in [9.17, 15) is 14.4 Å². The van der Waals surface area contributed by atoms with Gasteiger partial charge in [-0.05, 0) is 77.0 Å². The number of allylic oxidation sites excluding steroid dienone is 6. The zero-order valence-corrected chi connectivity index (χ0v) is 47.1. The van der Waals surface area contributed by atoms with Gasteiger partial charge in [-0.1, -0.05) is 276 Å². The highest BCUT2D eigenvalue weighted by atomic mass is 16.6. The van der Waals surface area contributed by atoms with E-state index in [1.807, 2.05) is 0 Å². The molecule has 0 spiro atoms. The Hall–Kier alpha value is -2.37. The molecule has 0 aromatic carbocycles. The summed E-state index contributed by atoms with van der Waals surface area (Å²) in [5.41, 5.74) is 0. The zero-order chi connectivity index (χ0) is 50.7. The van der Waals surface area contributed by atoms with Gasteiger partial charge in [-0.25, -0.2) is 0 Å². The lowest BCUT2D eigenvalue weighted by atomic mass is 10.0. The minimum atomic E-state index is -0.774. The first kappa shape index (κ1) is 67.6. The number of hydrogen-bond acceptors (Lipinski definition) is 6. The van der Waals surface area contributed by atoms with Gasteiger partial charge in [-0.2, -0.15) is 0 Å². The maximum atomic E-state index is 12.9.